The van der Waals surface area contributed by atoms with Crippen molar-refractivity contribution in [1.82, 2.24) is 20.1 Å². The van der Waals surface area contributed by atoms with Crippen molar-refractivity contribution in [1.29, 1.82) is 0 Å². The number of aromatic nitrogens is 3. The number of amides is 2. The van der Waals surface area contributed by atoms with Gasteiger partial charge in [-0.05, 0) is 42.0 Å². The molecule has 0 aliphatic carbocycles. The zero-order valence-electron chi connectivity index (χ0n) is 21.4. The molecule has 0 aliphatic heterocycles. The first-order valence-electron chi connectivity index (χ1n) is 12.2. The Morgan fingerprint density at radius 2 is 1.72 bits per heavy atom. The Balaban J connectivity index is 1.76. The van der Waals surface area contributed by atoms with Gasteiger partial charge >= 0.3 is 0 Å². The van der Waals surface area contributed by atoms with E-state index in [1.54, 1.807) is 18.2 Å². The van der Waals surface area contributed by atoms with E-state index in [1.807, 2.05) is 47.0 Å². The van der Waals surface area contributed by atoms with Crippen LogP contribution >= 0.6 is 11.8 Å². The number of thioether (sulfide) groups is 1. The van der Waals surface area contributed by atoms with Gasteiger partial charge in [0.25, 0.3) is 5.91 Å². The van der Waals surface area contributed by atoms with Gasteiger partial charge in [0.1, 0.15) is 0 Å². The molecule has 190 valence electrons. The SMILES string of the molecule is C=CCn1c(SCC(=O)Nc2ccccc2C(C)C)nnc1C(CC(C)C)NC(=O)c1ccccc1. The molecule has 1 heterocycles. The number of carbonyl (C=O) groups excluding carboxylic acids is 2. The van der Waals surface area contributed by atoms with E-state index < -0.39 is 0 Å². The Morgan fingerprint density at radius 1 is 1.03 bits per heavy atom. The van der Waals surface area contributed by atoms with E-state index in [9.17, 15) is 9.59 Å². The number of anilines is 1. The fourth-order valence-corrected chi connectivity index (χ4v) is 4.68. The summed E-state index contributed by atoms with van der Waals surface area (Å²) in [5, 5.41) is 15.5. The second-order valence-corrected chi connectivity index (χ2v) is 10.3. The molecule has 0 saturated heterocycles. The van der Waals surface area contributed by atoms with Gasteiger partial charge < -0.3 is 15.2 Å². The molecule has 0 radical (unpaired) electrons. The normalized spacial score (nSPS) is 11.9. The summed E-state index contributed by atoms with van der Waals surface area (Å²) in [5.41, 5.74) is 2.51. The number of nitrogens with one attached hydrogen (secondary N) is 2. The molecule has 3 aromatic rings. The lowest BCUT2D eigenvalue weighted by Crippen LogP contribution is -2.31. The Morgan fingerprint density at radius 3 is 2.39 bits per heavy atom. The van der Waals surface area contributed by atoms with Crippen LogP contribution in [0.2, 0.25) is 0 Å². The predicted molar refractivity (Wildman–Crippen MR) is 146 cm³/mol. The Kier molecular flexibility index (Phi) is 9.87. The van der Waals surface area contributed by atoms with Crippen LogP contribution < -0.4 is 10.6 Å². The van der Waals surface area contributed by atoms with Crippen molar-refractivity contribution in [3.05, 3.63) is 84.2 Å². The first kappa shape index (κ1) is 27.2. The summed E-state index contributed by atoms with van der Waals surface area (Å²) in [6, 6.07) is 16.6. The van der Waals surface area contributed by atoms with Gasteiger partial charge in [-0.1, -0.05) is 81.9 Å². The van der Waals surface area contributed by atoms with Crippen LogP contribution in [0.1, 0.15) is 67.8 Å². The summed E-state index contributed by atoms with van der Waals surface area (Å²) >= 11 is 1.32. The summed E-state index contributed by atoms with van der Waals surface area (Å²) in [7, 11) is 0. The van der Waals surface area contributed by atoms with E-state index in [-0.39, 0.29) is 23.6 Å². The lowest BCUT2D eigenvalue weighted by molar-refractivity contribution is -0.113. The van der Waals surface area contributed by atoms with Gasteiger partial charge in [0.15, 0.2) is 11.0 Å². The van der Waals surface area contributed by atoms with Crippen molar-refractivity contribution >= 4 is 29.3 Å². The maximum atomic E-state index is 12.9. The van der Waals surface area contributed by atoms with Crippen LogP contribution in [0.4, 0.5) is 5.69 Å². The number of para-hydroxylation sites is 1. The molecule has 2 N–H and O–H groups in total. The Hall–Kier alpha value is -3.39. The van der Waals surface area contributed by atoms with Crippen LogP contribution in [0.3, 0.4) is 0 Å². The highest BCUT2D eigenvalue weighted by Gasteiger charge is 2.25. The molecule has 0 fully saturated rings. The minimum atomic E-state index is -0.328. The van der Waals surface area contributed by atoms with Crippen molar-refractivity contribution in [2.45, 2.75) is 57.8 Å². The lowest BCUT2D eigenvalue weighted by Gasteiger charge is -2.21. The van der Waals surface area contributed by atoms with Crippen LogP contribution in [-0.4, -0.2) is 32.3 Å². The molecule has 1 aromatic heterocycles. The number of allylic oxidation sites excluding steroid dienone is 1. The summed E-state index contributed by atoms with van der Waals surface area (Å²) in [5.74, 6) is 1.19. The zero-order valence-corrected chi connectivity index (χ0v) is 22.2. The predicted octanol–water partition coefficient (Wildman–Crippen LogP) is 5.84. The zero-order chi connectivity index (χ0) is 26.1. The highest BCUT2D eigenvalue weighted by atomic mass is 32.2. The molecule has 1 atom stereocenters. The smallest absolute Gasteiger partial charge is 0.251 e. The molecule has 0 saturated carbocycles. The first-order valence-corrected chi connectivity index (χ1v) is 13.2. The molecular weight excluding hydrogens is 470 g/mol. The van der Waals surface area contributed by atoms with Crippen molar-refractivity contribution in [2.24, 2.45) is 5.92 Å². The van der Waals surface area contributed by atoms with Crippen LogP contribution in [-0.2, 0) is 11.3 Å². The van der Waals surface area contributed by atoms with Gasteiger partial charge in [0.05, 0.1) is 11.8 Å². The molecule has 3 rings (SSSR count). The second-order valence-electron chi connectivity index (χ2n) is 9.34. The highest BCUT2D eigenvalue weighted by molar-refractivity contribution is 7.99. The summed E-state index contributed by atoms with van der Waals surface area (Å²) in [6.07, 6.45) is 2.46. The molecule has 0 spiro atoms. The van der Waals surface area contributed by atoms with Gasteiger partial charge in [-0.15, -0.1) is 16.8 Å². The van der Waals surface area contributed by atoms with E-state index in [0.29, 0.717) is 41.3 Å². The third kappa shape index (κ3) is 7.31. The first-order chi connectivity index (χ1) is 17.3. The molecular formula is C28H35N5O2S. The fourth-order valence-electron chi connectivity index (χ4n) is 3.93. The van der Waals surface area contributed by atoms with Crippen LogP contribution in [0.15, 0.2) is 72.4 Å². The molecule has 1 unspecified atom stereocenters. The maximum absolute atomic E-state index is 12.9. The van der Waals surface area contributed by atoms with Crippen LogP contribution in [0.25, 0.3) is 0 Å². The molecule has 0 bridgehead atoms. The third-order valence-corrected chi connectivity index (χ3v) is 6.57. The second kappa shape index (κ2) is 13.1. The fraction of sp³-hybridized carbons (Fsp3) is 0.357. The van der Waals surface area contributed by atoms with Gasteiger partial charge in [0.2, 0.25) is 5.91 Å². The number of hydrogen-bond acceptors (Lipinski definition) is 5. The van der Waals surface area contributed by atoms with Crippen LogP contribution in [0.5, 0.6) is 0 Å². The van der Waals surface area contributed by atoms with Crippen molar-refractivity contribution in [2.75, 3.05) is 11.1 Å². The van der Waals surface area contributed by atoms with E-state index in [0.717, 1.165) is 11.3 Å². The Bertz CT molecular complexity index is 1170. The van der Waals surface area contributed by atoms with E-state index >= 15 is 0 Å². The molecule has 2 aromatic carbocycles. The summed E-state index contributed by atoms with van der Waals surface area (Å²) < 4.78 is 1.92. The standard InChI is InChI=1S/C28H35N5O2S/c1-6-16-33-26(24(17-19(2)3)30-27(35)21-12-8-7-9-13-21)31-32-28(33)36-18-25(34)29-23-15-11-10-14-22(23)20(4)5/h6-15,19-20,24H,1,16-18H2,2-5H3,(H,29,34)(H,30,35). The highest BCUT2D eigenvalue weighted by Crippen LogP contribution is 2.27. The molecule has 36 heavy (non-hydrogen) atoms. The minimum absolute atomic E-state index is 0.112. The topological polar surface area (TPSA) is 88.9 Å². The van der Waals surface area contributed by atoms with Crippen molar-refractivity contribution < 1.29 is 9.59 Å². The van der Waals surface area contributed by atoms with Gasteiger partial charge in [-0.2, -0.15) is 0 Å². The van der Waals surface area contributed by atoms with Crippen molar-refractivity contribution in [3.63, 3.8) is 0 Å². The molecule has 7 nitrogen and oxygen atoms in total. The van der Waals surface area contributed by atoms with Crippen LogP contribution in [0, 0.1) is 5.92 Å². The molecule has 0 aliphatic rings. The van der Waals surface area contributed by atoms with Gasteiger partial charge in [0, 0.05) is 17.8 Å². The maximum Gasteiger partial charge on any atom is 0.251 e. The summed E-state index contributed by atoms with van der Waals surface area (Å²) in [6.45, 7) is 12.7. The van der Waals surface area contributed by atoms with Crippen molar-refractivity contribution in [3.8, 4) is 0 Å². The van der Waals surface area contributed by atoms with E-state index in [4.69, 9.17) is 0 Å². The quantitative estimate of drug-likeness (QED) is 0.239. The molecule has 8 heteroatoms. The third-order valence-electron chi connectivity index (χ3n) is 5.61. The average molecular weight is 506 g/mol. The monoisotopic (exact) mass is 505 g/mol. The average Bonchev–Trinajstić information content (AvgIpc) is 3.25. The number of carbonyl (C=O) groups is 2. The Labute approximate surface area is 217 Å². The minimum Gasteiger partial charge on any atom is -0.342 e. The number of benzene rings is 2. The number of hydrogen-bond donors (Lipinski definition) is 2. The largest absolute Gasteiger partial charge is 0.342 e. The summed E-state index contributed by atoms with van der Waals surface area (Å²) in [4.78, 5) is 25.7. The number of nitrogens with zero attached hydrogens (tertiary/aromatic N) is 3. The van der Waals surface area contributed by atoms with E-state index in [2.05, 4.69) is 55.1 Å². The lowest BCUT2D eigenvalue weighted by atomic mass is 10.0. The molecule has 2 amide bonds. The van der Waals surface area contributed by atoms with Gasteiger partial charge in [-0.25, -0.2) is 0 Å². The van der Waals surface area contributed by atoms with Gasteiger partial charge in [-0.3, -0.25) is 9.59 Å². The van der Waals surface area contributed by atoms with E-state index in [1.165, 1.54) is 11.8 Å². The number of rotatable bonds is 12.